The van der Waals surface area contributed by atoms with Gasteiger partial charge in [-0.2, -0.15) is 0 Å². The molecular formula is C32H51F. The van der Waals surface area contributed by atoms with Gasteiger partial charge >= 0.3 is 0 Å². The lowest BCUT2D eigenvalue weighted by molar-refractivity contribution is 0.165. The number of rotatable bonds is 3. The van der Waals surface area contributed by atoms with Gasteiger partial charge in [0.05, 0.1) is 0 Å². The van der Waals surface area contributed by atoms with E-state index in [0.717, 1.165) is 35.2 Å². The van der Waals surface area contributed by atoms with Gasteiger partial charge in [-0.15, -0.1) is 0 Å². The molecule has 1 aromatic carbocycles. The average Bonchev–Trinajstić information content (AvgIpc) is 2.88. The first-order valence-electron chi connectivity index (χ1n) is 14.9. The summed E-state index contributed by atoms with van der Waals surface area (Å²) < 4.78 is 13.7. The molecule has 1 aromatic rings. The van der Waals surface area contributed by atoms with Crippen LogP contribution in [0.3, 0.4) is 0 Å². The molecule has 0 saturated heterocycles. The third-order valence-electron chi connectivity index (χ3n) is 10.1. The Morgan fingerprint density at radius 3 is 1.52 bits per heavy atom. The van der Waals surface area contributed by atoms with Gasteiger partial charge in [-0.1, -0.05) is 96.1 Å². The van der Waals surface area contributed by atoms with Crippen LogP contribution < -0.4 is 0 Å². The Labute approximate surface area is 204 Å². The van der Waals surface area contributed by atoms with Gasteiger partial charge in [-0.05, 0) is 98.1 Å². The minimum atomic E-state index is -0.0316. The van der Waals surface area contributed by atoms with E-state index in [1.807, 2.05) is 13.0 Å². The number of aryl methyl sites for hydroxylation is 1. The summed E-state index contributed by atoms with van der Waals surface area (Å²) >= 11 is 0. The molecule has 0 amide bonds. The molecule has 4 aliphatic carbocycles. The largest absolute Gasteiger partial charge is 0.207 e. The fourth-order valence-electron chi connectivity index (χ4n) is 7.76. The minimum absolute atomic E-state index is 0.0316. The van der Waals surface area contributed by atoms with Gasteiger partial charge in [0.15, 0.2) is 0 Å². The van der Waals surface area contributed by atoms with Crippen molar-refractivity contribution in [2.45, 2.75) is 135 Å². The second-order valence-electron chi connectivity index (χ2n) is 12.4. The molecule has 0 radical (unpaired) electrons. The number of hydrogen-bond donors (Lipinski definition) is 0. The molecule has 0 unspecified atom stereocenters. The molecule has 0 aliphatic heterocycles. The van der Waals surface area contributed by atoms with E-state index in [1.165, 1.54) is 95.5 Å². The van der Waals surface area contributed by atoms with E-state index < -0.39 is 0 Å². The Morgan fingerprint density at radius 1 is 0.576 bits per heavy atom. The van der Waals surface area contributed by atoms with Crippen LogP contribution in [-0.2, 0) is 0 Å². The first-order chi connectivity index (χ1) is 16.1. The van der Waals surface area contributed by atoms with Crippen molar-refractivity contribution in [3.63, 3.8) is 0 Å². The molecule has 186 valence electrons. The molecule has 4 fully saturated rings. The maximum Gasteiger partial charge on any atom is 0.126 e. The molecule has 0 bridgehead atoms. The number of halogens is 1. The first kappa shape index (κ1) is 25.2. The van der Waals surface area contributed by atoms with Crippen LogP contribution in [0.1, 0.15) is 140 Å². The van der Waals surface area contributed by atoms with Crippen molar-refractivity contribution < 1.29 is 4.39 Å². The quantitative estimate of drug-likeness (QED) is 0.426. The van der Waals surface area contributed by atoms with Crippen LogP contribution in [0.15, 0.2) is 18.2 Å². The second-order valence-corrected chi connectivity index (χ2v) is 12.4. The van der Waals surface area contributed by atoms with Crippen LogP contribution in [-0.4, -0.2) is 0 Å². The zero-order valence-electron chi connectivity index (χ0n) is 21.8. The number of hydrogen-bond acceptors (Lipinski definition) is 0. The van der Waals surface area contributed by atoms with Crippen LogP contribution in [0.2, 0.25) is 0 Å². The maximum atomic E-state index is 13.7. The van der Waals surface area contributed by atoms with E-state index in [-0.39, 0.29) is 5.82 Å². The summed E-state index contributed by atoms with van der Waals surface area (Å²) in [5, 5.41) is 0. The van der Waals surface area contributed by atoms with Crippen molar-refractivity contribution in [1.29, 1.82) is 0 Å². The van der Waals surface area contributed by atoms with Gasteiger partial charge in [0, 0.05) is 0 Å². The van der Waals surface area contributed by atoms with Gasteiger partial charge < -0.3 is 0 Å². The Morgan fingerprint density at radius 2 is 1.03 bits per heavy atom. The maximum absolute atomic E-state index is 13.7. The normalized spacial score (nSPS) is 32.1. The average molecular weight is 455 g/mol. The van der Waals surface area contributed by atoms with E-state index in [9.17, 15) is 4.39 Å². The summed E-state index contributed by atoms with van der Waals surface area (Å²) in [6.45, 7) is 4.25. The van der Waals surface area contributed by atoms with Gasteiger partial charge in [0.2, 0.25) is 0 Å². The van der Waals surface area contributed by atoms with Crippen LogP contribution in [0.5, 0.6) is 0 Å². The van der Waals surface area contributed by atoms with Gasteiger partial charge in [-0.3, -0.25) is 0 Å². The van der Waals surface area contributed by atoms with Crippen LogP contribution in [0, 0.1) is 42.3 Å². The molecule has 0 atom stereocenters. The standard InChI is InChI=1S/C20H29F.C12H22/c1-14-3-6-16(7-4-14)17-9-11-18(12-10-17)19-8-5-15(2)20(21)13-19;1-3-7-11(8-4-1)12-9-5-2-6-10-12/h5,8,13-14,16-18H,3-4,6-7,9-12H2,1-2H3;11-12H,1-10H2. The van der Waals surface area contributed by atoms with Crippen LogP contribution in [0.25, 0.3) is 0 Å². The highest BCUT2D eigenvalue weighted by Crippen LogP contribution is 2.44. The fraction of sp³-hybridized carbons (Fsp3) is 0.812. The highest BCUT2D eigenvalue weighted by atomic mass is 19.1. The lowest BCUT2D eigenvalue weighted by Crippen LogP contribution is -2.24. The van der Waals surface area contributed by atoms with Gasteiger partial charge in [-0.25, -0.2) is 4.39 Å². The molecule has 33 heavy (non-hydrogen) atoms. The Balaban J connectivity index is 0.000000183. The molecule has 0 aromatic heterocycles. The van der Waals surface area contributed by atoms with Crippen LogP contribution >= 0.6 is 0 Å². The predicted molar refractivity (Wildman–Crippen MR) is 140 cm³/mol. The van der Waals surface area contributed by atoms with E-state index in [4.69, 9.17) is 0 Å². The summed E-state index contributed by atoms with van der Waals surface area (Å²) in [6, 6.07) is 5.87. The second kappa shape index (κ2) is 12.7. The van der Waals surface area contributed by atoms with E-state index >= 15 is 0 Å². The smallest absolute Gasteiger partial charge is 0.126 e. The molecule has 0 heterocycles. The third kappa shape index (κ3) is 7.32. The van der Waals surface area contributed by atoms with Gasteiger partial charge in [0.25, 0.3) is 0 Å². The fourth-order valence-corrected chi connectivity index (χ4v) is 7.76. The zero-order chi connectivity index (χ0) is 23.0. The third-order valence-corrected chi connectivity index (χ3v) is 10.1. The molecular weight excluding hydrogens is 403 g/mol. The lowest BCUT2D eigenvalue weighted by Gasteiger charge is -2.37. The number of benzene rings is 1. The van der Waals surface area contributed by atoms with Crippen molar-refractivity contribution in [3.05, 3.63) is 35.1 Å². The zero-order valence-corrected chi connectivity index (χ0v) is 21.8. The molecule has 1 heteroatoms. The van der Waals surface area contributed by atoms with E-state index in [1.54, 1.807) is 31.7 Å². The van der Waals surface area contributed by atoms with Crippen LogP contribution in [0.4, 0.5) is 4.39 Å². The Kier molecular flexibility index (Phi) is 9.75. The van der Waals surface area contributed by atoms with Crippen molar-refractivity contribution in [2.75, 3.05) is 0 Å². The summed E-state index contributed by atoms with van der Waals surface area (Å²) in [7, 11) is 0. The molecule has 0 spiro atoms. The highest BCUT2D eigenvalue weighted by molar-refractivity contribution is 5.26. The predicted octanol–water partition coefficient (Wildman–Crippen LogP) is 10.4. The van der Waals surface area contributed by atoms with Crippen molar-refractivity contribution in [1.82, 2.24) is 0 Å². The molecule has 4 aliphatic rings. The SMILES string of the molecule is C1CCC(C2CCCCC2)CC1.Cc1ccc(C2CCC(C3CCC(C)CC3)CC2)cc1F. The lowest BCUT2D eigenvalue weighted by atomic mass is 9.68. The van der Waals surface area contributed by atoms with Crippen molar-refractivity contribution >= 4 is 0 Å². The highest BCUT2D eigenvalue weighted by Gasteiger charge is 2.30. The summed E-state index contributed by atoms with van der Waals surface area (Å²) in [5.74, 6) is 5.72. The Hall–Kier alpha value is -0.850. The molecule has 0 nitrogen and oxygen atoms in total. The molecule has 0 N–H and O–H groups in total. The monoisotopic (exact) mass is 454 g/mol. The van der Waals surface area contributed by atoms with Crippen molar-refractivity contribution in [2.24, 2.45) is 29.6 Å². The summed E-state index contributed by atoms with van der Waals surface area (Å²) in [6.07, 6.45) is 26.4. The minimum Gasteiger partial charge on any atom is -0.207 e. The summed E-state index contributed by atoms with van der Waals surface area (Å²) in [4.78, 5) is 0. The van der Waals surface area contributed by atoms with E-state index in [0.29, 0.717) is 5.92 Å². The summed E-state index contributed by atoms with van der Waals surface area (Å²) in [5.41, 5.74) is 2.00. The topological polar surface area (TPSA) is 0 Å². The van der Waals surface area contributed by atoms with E-state index in [2.05, 4.69) is 13.0 Å². The van der Waals surface area contributed by atoms with Crippen molar-refractivity contribution in [3.8, 4) is 0 Å². The molecule has 4 saturated carbocycles. The molecule has 5 rings (SSSR count). The van der Waals surface area contributed by atoms with Gasteiger partial charge in [0.1, 0.15) is 5.82 Å². The first-order valence-corrected chi connectivity index (χ1v) is 14.9. The Bertz CT molecular complexity index is 664.